The minimum absolute atomic E-state index is 0.0127. The van der Waals surface area contributed by atoms with Gasteiger partial charge in [0.2, 0.25) is 0 Å². The fourth-order valence-corrected chi connectivity index (χ4v) is 1.87. The van der Waals surface area contributed by atoms with Crippen LogP contribution in [0.25, 0.3) is 0 Å². The summed E-state index contributed by atoms with van der Waals surface area (Å²) >= 11 is 0. The molecule has 13 heavy (non-hydrogen) atoms. The molecule has 0 aromatic heterocycles. The molecule has 1 aliphatic rings. The molecule has 1 aliphatic carbocycles. The van der Waals surface area contributed by atoms with Gasteiger partial charge in [0.1, 0.15) is 0 Å². The SMILES string of the molecule is COC(=O)CC1(C(=O)O)CCCC1. The summed E-state index contributed by atoms with van der Waals surface area (Å²) in [5, 5.41) is 9.00. The maximum Gasteiger partial charge on any atom is 0.310 e. The van der Waals surface area contributed by atoms with Crippen molar-refractivity contribution < 1.29 is 19.4 Å². The van der Waals surface area contributed by atoms with E-state index >= 15 is 0 Å². The Balaban J connectivity index is 2.68. The van der Waals surface area contributed by atoms with Crippen LogP contribution in [0.1, 0.15) is 32.1 Å². The molecule has 1 rings (SSSR count). The number of carboxylic acids is 1. The topological polar surface area (TPSA) is 63.6 Å². The van der Waals surface area contributed by atoms with Gasteiger partial charge in [-0.3, -0.25) is 9.59 Å². The van der Waals surface area contributed by atoms with Crippen molar-refractivity contribution >= 4 is 11.9 Å². The summed E-state index contributed by atoms with van der Waals surface area (Å²) in [6, 6.07) is 0. The summed E-state index contributed by atoms with van der Waals surface area (Å²) in [6.07, 6.45) is 2.99. The lowest BCUT2D eigenvalue weighted by Gasteiger charge is -2.21. The van der Waals surface area contributed by atoms with E-state index in [2.05, 4.69) is 4.74 Å². The van der Waals surface area contributed by atoms with Crippen LogP contribution >= 0.6 is 0 Å². The summed E-state index contributed by atoms with van der Waals surface area (Å²) in [4.78, 5) is 22.0. The van der Waals surface area contributed by atoms with Crippen LogP contribution in [-0.4, -0.2) is 24.2 Å². The molecule has 4 nitrogen and oxygen atoms in total. The van der Waals surface area contributed by atoms with Crippen molar-refractivity contribution in [2.75, 3.05) is 7.11 Å². The normalized spacial score (nSPS) is 19.8. The zero-order chi connectivity index (χ0) is 9.90. The third-order valence-electron chi connectivity index (χ3n) is 2.72. The van der Waals surface area contributed by atoms with E-state index in [-0.39, 0.29) is 6.42 Å². The molecule has 0 heterocycles. The molecule has 0 aliphatic heterocycles. The Bertz CT molecular complexity index is 216. The average Bonchev–Trinajstić information content (AvgIpc) is 2.54. The summed E-state index contributed by atoms with van der Waals surface area (Å²) in [5.41, 5.74) is -0.840. The Morgan fingerprint density at radius 1 is 1.38 bits per heavy atom. The molecule has 0 bridgehead atoms. The van der Waals surface area contributed by atoms with Gasteiger partial charge in [0.15, 0.2) is 0 Å². The predicted octanol–water partition coefficient (Wildman–Crippen LogP) is 1.19. The van der Waals surface area contributed by atoms with E-state index in [4.69, 9.17) is 5.11 Å². The Morgan fingerprint density at radius 2 is 1.92 bits per heavy atom. The lowest BCUT2D eigenvalue weighted by molar-refractivity contribution is -0.156. The number of rotatable bonds is 3. The van der Waals surface area contributed by atoms with Gasteiger partial charge in [-0.05, 0) is 12.8 Å². The van der Waals surface area contributed by atoms with Crippen molar-refractivity contribution in [3.05, 3.63) is 0 Å². The van der Waals surface area contributed by atoms with Crippen molar-refractivity contribution in [3.63, 3.8) is 0 Å². The number of carbonyl (C=O) groups excluding carboxylic acids is 1. The fraction of sp³-hybridized carbons (Fsp3) is 0.778. The van der Waals surface area contributed by atoms with Crippen LogP contribution in [0, 0.1) is 5.41 Å². The highest BCUT2D eigenvalue weighted by Gasteiger charge is 2.43. The molecule has 74 valence electrons. The molecule has 1 fully saturated rings. The van der Waals surface area contributed by atoms with Crippen molar-refractivity contribution in [3.8, 4) is 0 Å². The molecule has 0 atom stereocenters. The largest absolute Gasteiger partial charge is 0.481 e. The van der Waals surface area contributed by atoms with Crippen LogP contribution in [0.3, 0.4) is 0 Å². The van der Waals surface area contributed by atoms with Crippen molar-refractivity contribution in [1.82, 2.24) is 0 Å². The maximum atomic E-state index is 11.0. The Labute approximate surface area is 76.9 Å². The van der Waals surface area contributed by atoms with Crippen LogP contribution in [0.5, 0.6) is 0 Å². The number of hydrogen-bond acceptors (Lipinski definition) is 3. The van der Waals surface area contributed by atoms with Gasteiger partial charge in [-0.2, -0.15) is 0 Å². The van der Waals surface area contributed by atoms with Gasteiger partial charge in [0.05, 0.1) is 18.9 Å². The zero-order valence-corrected chi connectivity index (χ0v) is 7.71. The third-order valence-corrected chi connectivity index (χ3v) is 2.72. The van der Waals surface area contributed by atoms with E-state index in [9.17, 15) is 9.59 Å². The standard InChI is InChI=1S/C9H14O4/c1-13-7(10)6-9(8(11)12)4-2-3-5-9/h2-6H2,1H3,(H,11,12). The Kier molecular flexibility index (Phi) is 2.90. The van der Waals surface area contributed by atoms with Gasteiger partial charge in [-0.1, -0.05) is 12.8 Å². The number of carboxylic acid groups (broad SMARTS) is 1. The van der Waals surface area contributed by atoms with Crippen LogP contribution in [0.15, 0.2) is 0 Å². The second-order valence-corrected chi connectivity index (χ2v) is 3.55. The summed E-state index contributed by atoms with van der Waals surface area (Å²) < 4.78 is 4.49. The third kappa shape index (κ3) is 1.99. The predicted molar refractivity (Wildman–Crippen MR) is 45.2 cm³/mol. The molecule has 0 unspecified atom stereocenters. The number of carbonyl (C=O) groups is 2. The van der Waals surface area contributed by atoms with E-state index in [0.29, 0.717) is 12.8 Å². The van der Waals surface area contributed by atoms with Gasteiger partial charge in [-0.15, -0.1) is 0 Å². The molecule has 0 spiro atoms. The molecular weight excluding hydrogens is 172 g/mol. The van der Waals surface area contributed by atoms with E-state index < -0.39 is 17.4 Å². The van der Waals surface area contributed by atoms with Crippen molar-refractivity contribution in [2.45, 2.75) is 32.1 Å². The molecule has 0 amide bonds. The Hall–Kier alpha value is -1.06. The molecule has 0 aromatic rings. The average molecular weight is 186 g/mol. The molecule has 1 N–H and O–H groups in total. The van der Waals surface area contributed by atoms with Gasteiger partial charge >= 0.3 is 11.9 Å². The van der Waals surface area contributed by atoms with Gasteiger partial charge in [0.25, 0.3) is 0 Å². The minimum atomic E-state index is -0.865. The fourth-order valence-electron chi connectivity index (χ4n) is 1.87. The van der Waals surface area contributed by atoms with Crippen LogP contribution in [0.2, 0.25) is 0 Å². The van der Waals surface area contributed by atoms with Crippen LogP contribution < -0.4 is 0 Å². The summed E-state index contributed by atoms with van der Waals surface area (Å²) in [5.74, 6) is -1.29. The highest BCUT2D eigenvalue weighted by atomic mass is 16.5. The molecular formula is C9H14O4. The molecule has 1 saturated carbocycles. The smallest absolute Gasteiger partial charge is 0.310 e. The minimum Gasteiger partial charge on any atom is -0.481 e. The van der Waals surface area contributed by atoms with E-state index in [0.717, 1.165) is 12.8 Å². The summed E-state index contributed by atoms with van der Waals surface area (Å²) in [7, 11) is 1.28. The maximum absolute atomic E-state index is 11.0. The Morgan fingerprint density at radius 3 is 2.31 bits per heavy atom. The van der Waals surface area contributed by atoms with E-state index in [1.165, 1.54) is 7.11 Å². The molecule has 4 heteroatoms. The quantitative estimate of drug-likeness (QED) is 0.672. The molecule has 0 aromatic carbocycles. The molecule has 0 saturated heterocycles. The first-order chi connectivity index (χ1) is 6.10. The lowest BCUT2D eigenvalue weighted by Crippen LogP contribution is -2.30. The first-order valence-corrected chi connectivity index (χ1v) is 4.41. The van der Waals surface area contributed by atoms with Crippen molar-refractivity contribution in [1.29, 1.82) is 0 Å². The number of aliphatic carboxylic acids is 1. The molecule has 0 radical (unpaired) electrons. The summed E-state index contributed by atoms with van der Waals surface area (Å²) in [6.45, 7) is 0. The van der Waals surface area contributed by atoms with E-state index in [1.807, 2.05) is 0 Å². The highest BCUT2D eigenvalue weighted by Crippen LogP contribution is 2.41. The first kappa shape index (κ1) is 10.0. The monoisotopic (exact) mass is 186 g/mol. The zero-order valence-electron chi connectivity index (χ0n) is 7.71. The van der Waals surface area contributed by atoms with E-state index in [1.54, 1.807) is 0 Å². The second kappa shape index (κ2) is 3.77. The number of methoxy groups -OCH3 is 1. The van der Waals surface area contributed by atoms with Crippen molar-refractivity contribution in [2.24, 2.45) is 5.41 Å². The van der Waals surface area contributed by atoms with Crippen LogP contribution in [-0.2, 0) is 14.3 Å². The number of esters is 1. The highest BCUT2D eigenvalue weighted by molar-refractivity contribution is 5.82. The van der Waals surface area contributed by atoms with Gasteiger partial charge < -0.3 is 9.84 Å². The van der Waals surface area contributed by atoms with Gasteiger partial charge in [-0.25, -0.2) is 0 Å². The first-order valence-electron chi connectivity index (χ1n) is 4.41. The number of ether oxygens (including phenoxy) is 1. The lowest BCUT2D eigenvalue weighted by atomic mass is 9.83. The van der Waals surface area contributed by atoms with Crippen LogP contribution in [0.4, 0.5) is 0 Å². The van der Waals surface area contributed by atoms with Gasteiger partial charge in [0, 0.05) is 0 Å². The number of hydrogen-bond donors (Lipinski definition) is 1. The second-order valence-electron chi connectivity index (χ2n) is 3.55.